The second-order valence-corrected chi connectivity index (χ2v) is 7.38. The smallest absolute Gasteiger partial charge is 0.243 e. The second-order valence-electron chi connectivity index (χ2n) is 5.34. The van der Waals surface area contributed by atoms with Crippen molar-refractivity contribution in [2.24, 2.45) is 0 Å². The molecule has 1 atom stereocenters. The van der Waals surface area contributed by atoms with Gasteiger partial charge in [0.15, 0.2) is 0 Å². The second kappa shape index (κ2) is 6.72. The van der Waals surface area contributed by atoms with E-state index in [1.807, 2.05) is 0 Å². The van der Waals surface area contributed by atoms with Crippen LogP contribution in [0.15, 0.2) is 23.2 Å². The summed E-state index contributed by atoms with van der Waals surface area (Å²) < 4.78 is 26.7. The number of rotatable bonds is 6. The van der Waals surface area contributed by atoms with Gasteiger partial charge in [-0.2, -0.15) is 4.31 Å². The van der Waals surface area contributed by atoms with E-state index in [-0.39, 0.29) is 4.90 Å². The molecule has 7 heteroatoms. The molecule has 0 amide bonds. The first-order valence-electron chi connectivity index (χ1n) is 7.33. The van der Waals surface area contributed by atoms with Gasteiger partial charge in [-0.25, -0.2) is 13.4 Å². The lowest BCUT2D eigenvalue weighted by molar-refractivity contribution is 0.237. The molecule has 21 heavy (non-hydrogen) atoms. The predicted molar refractivity (Wildman–Crippen MR) is 83.9 cm³/mol. The minimum absolute atomic E-state index is 0.283. The van der Waals surface area contributed by atoms with E-state index >= 15 is 0 Å². The number of likely N-dealkylation sites (tertiary alicyclic amines) is 1. The van der Waals surface area contributed by atoms with Crippen molar-refractivity contribution in [3.05, 3.63) is 18.3 Å². The van der Waals surface area contributed by atoms with Crippen molar-refractivity contribution in [3.63, 3.8) is 0 Å². The summed E-state index contributed by atoms with van der Waals surface area (Å²) in [5.41, 5.74) is 0. The third kappa shape index (κ3) is 3.53. The highest BCUT2D eigenvalue weighted by Crippen LogP contribution is 2.21. The van der Waals surface area contributed by atoms with Gasteiger partial charge in [-0.1, -0.05) is 6.92 Å². The van der Waals surface area contributed by atoms with E-state index in [9.17, 15) is 8.42 Å². The molecule has 0 spiro atoms. The summed E-state index contributed by atoms with van der Waals surface area (Å²) in [5, 5.41) is 2.87. The molecule has 1 aliphatic rings. The van der Waals surface area contributed by atoms with Crippen molar-refractivity contribution in [3.8, 4) is 0 Å². The van der Waals surface area contributed by atoms with Crippen LogP contribution in [0.1, 0.15) is 19.8 Å². The molecule has 1 unspecified atom stereocenters. The lowest BCUT2D eigenvalue weighted by Crippen LogP contribution is -2.41. The third-order valence-electron chi connectivity index (χ3n) is 4.07. The van der Waals surface area contributed by atoms with Gasteiger partial charge in [0.25, 0.3) is 0 Å². The molecule has 1 aliphatic heterocycles. The lowest BCUT2D eigenvalue weighted by Gasteiger charge is -2.27. The molecule has 1 aromatic rings. The Morgan fingerprint density at radius 1 is 1.52 bits per heavy atom. The van der Waals surface area contributed by atoms with Crippen molar-refractivity contribution in [2.45, 2.75) is 30.7 Å². The predicted octanol–water partition coefficient (Wildman–Crippen LogP) is 1.23. The van der Waals surface area contributed by atoms with Crippen LogP contribution in [0, 0.1) is 0 Å². The summed E-state index contributed by atoms with van der Waals surface area (Å²) in [5.74, 6) is 0.556. The molecule has 1 fully saturated rings. The van der Waals surface area contributed by atoms with E-state index in [4.69, 9.17) is 0 Å². The van der Waals surface area contributed by atoms with Gasteiger partial charge in [0.05, 0.1) is 4.90 Å². The van der Waals surface area contributed by atoms with Crippen LogP contribution in [0.4, 0.5) is 5.82 Å². The SMILES string of the molecule is CCN1CCCC1CN(C)S(=O)(=O)c1ccnc(NC)c1. The number of hydrogen-bond acceptors (Lipinski definition) is 5. The van der Waals surface area contributed by atoms with Crippen LogP contribution in [0.2, 0.25) is 0 Å². The van der Waals surface area contributed by atoms with E-state index < -0.39 is 10.0 Å². The molecule has 0 saturated carbocycles. The van der Waals surface area contributed by atoms with Gasteiger partial charge >= 0.3 is 0 Å². The van der Waals surface area contributed by atoms with Crippen molar-refractivity contribution >= 4 is 15.8 Å². The van der Waals surface area contributed by atoms with Crippen molar-refractivity contribution in [2.75, 3.05) is 39.0 Å². The Kier molecular flexibility index (Phi) is 5.18. The van der Waals surface area contributed by atoms with E-state index in [1.54, 1.807) is 26.2 Å². The van der Waals surface area contributed by atoms with Gasteiger partial charge in [0, 0.05) is 38.9 Å². The van der Waals surface area contributed by atoms with Crippen LogP contribution < -0.4 is 5.32 Å². The van der Waals surface area contributed by atoms with Crippen LogP contribution >= 0.6 is 0 Å². The molecular weight excluding hydrogens is 288 g/mol. The first-order valence-corrected chi connectivity index (χ1v) is 8.77. The third-order valence-corrected chi connectivity index (χ3v) is 5.89. The Hall–Kier alpha value is -1.18. The van der Waals surface area contributed by atoms with E-state index in [2.05, 4.69) is 22.1 Å². The standard InChI is InChI=1S/C14H24N4O2S/c1-4-18-9-5-6-12(18)11-17(3)21(19,20)13-7-8-16-14(10-13)15-2/h7-8,10,12H,4-6,9,11H2,1-3H3,(H,15,16). The quantitative estimate of drug-likeness (QED) is 0.856. The summed E-state index contributed by atoms with van der Waals surface area (Å²) in [4.78, 5) is 6.68. The monoisotopic (exact) mass is 312 g/mol. The number of sulfonamides is 1. The number of hydrogen-bond donors (Lipinski definition) is 1. The number of nitrogens with one attached hydrogen (secondary N) is 1. The number of nitrogens with zero attached hydrogens (tertiary/aromatic N) is 3. The molecule has 1 N–H and O–H groups in total. The van der Waals surface area contributed by atoms with Gasteiger partial charge < -0.3 is 5.32 Å². The first-order chi connectivity index (χ1) is 9.98. The van der Waals surface area contributed by atoms with Crippen LogP contribution in [-0.2, 0) is 10.0 Å². The highest BCUT2D eigenvalue weighted by Gasteiger charge is 2.29. The summed E-state index contributed by atoms with van der Waals surface area (Å²) in [6.45, 7) is 4.69. The minimum Gasteiger partial charge on any atom is -0.373 e. The number of pyridine rings is 1. The van der Waals surface area contributed by atoms with E-state index in [0.29, 0.717) is 18.4 Å². The highest BCUT2D eigenvalue weighted by atomic mass is 32.2. The maximum Gasteiger partial charge on any atom is 0.243 e. The zero-order chi connectivity index (χ0) is 15.5. The molecule has 2 heterocycles. The number of aromatic nitrogens is 1. The number of anilines is 1. The maximum atomic E-state index is 12.6. The summed E-state index contributed by atoms with van der Waals surface area (Å²) in [7, 11) is -0.0880. The van der Waals surface area contributed by atoms with Gasteiger partial charge in [-0.3, -0.25) is 4.90 Å². The molecule has 0 radical (unpaired) electrons. The fourth-order valence-electron chi connectivity index (χ4n) is 2.80. The normalized spacial score (nSPS) is 20.1. The van der Waals surface area contributed by atoms with Crippen LogP contribution in [0.25, 0.3) is 0 Å². The van der Waals surface area contributed by atoms with Crippen LogP contribution in [0.3, 0.4) is 0 Å². The van der Waals surface area contributed by atoms with Crippen molar-refractivity contribution < 1.29 is 8.42 Å². The molecule has 1 saturated heterocycles. The molecule has 0 aromatic carbocycles. The Labute approximate surface area is 127 Å². The zero-order valence-corrected chi connectivity index (χ0v) is 13.7. The van der Waals surface area contributed by atoms with Gasteiger partial charge in [0.1, 0.15) is 5.82 Å². The molecule has 118 valence electrons. The summed E-state index contributed by atoms with van der Waals surface area (Å²) >= 11 is 0. The van der Waals surface area contributed by atoms with Crippen molar-refractivity contribution in [1.29, 1.82) is 0 Å². The Bertz CT molecular complexity index is 576. The fraction of sp³-hybridized carbons (Fsp3) is 0.643. The zero-order valence-electron chi connectivity index (χ0n) is 12.9. The average Bonchev–Trinajstić information content (AvgIpc) is 2.94. The van der Waals surface area contributed by atoms with Crippen LogP contribution in [-0.4, -0.2) is 62.4 Å². The minimum atomic E-state index is -3.46. The lowest BCUT2D eigenvalue weighted by atomic mass is 10.2. The average molecular weight is 312 g/mol. The molecule has 6 nitrogen and oxygen atoms in total. The molecule has 1 aromatic heterocycles. The maximum absolute atomic E-state index is 12.6. The van der Waals surface area contributed by atoms with E-state index in [1.165, 1.54) is 10.5 Å². The first kappa shape index (κ1) is 16.2. The van der Waals surface area contributed by atoms with E-state index in [0.717, 1.165) is 25.9 Å². The van der Waals surface area contributed by atoms with Gasteiger partial charge in [-0.05, 0) is 32.0 Å². The van der Waals surface area contributed by atoms with Crippen molar-refractivity contribution in [1.82, 2.24) is 14.2 Å². The Balaban J connectivity index is 2.14. The molecular formula is C14H24N4O2S. The summed E-state index contributed by atoms with van der Waals surface area (Å²) in [6.07, 6.45) is 3.72. The Morgan fingerprint density at radius 2 is 2.29 bits per heavy atom. The van der Waals surface area contributed by atoms with Gasteiger partial charge in [0.2, 0.25) is 10.0 Å². The fourth-order valence-corrected chi connectivity index (χ4v) is 4.02. The summed E-state index contributed by atoms with van der Waals surface area (Å²) in [6, 6.07) is 3.43. The van der Waals surface area contributed by atoms with Gasteiger partial charge in [-0.15, -0.1) is 0 Å². The highest BCUT2D eigenvalue weighted by molar-refractivity contribution is 7.89. The Morgan fingerprint density at radius 3 is 2.95 bits per heavy atom. The largest absolute Gasteiger partial charge is 0.373 e. The van der Waals surface area contributed by atoms with Crippen LogP contribution in [0.5, 0.6) is 0 Å². The number of likely N-dealkylation sites (N-methyl/N-ethyl adjacent to an activating group) is 2. The molecule has 0 aliphatic carbocycles. The molecule has 2 rings (SSSR count). The molecule has 0 bridgehead atoms. The topological polar surface area (TPSA) is 65.5 Å².